The second-order valence-corrected chi connectivity index (χ2v) is 7.44. The summed E-state index contributed by atoms with van der Waals surface area (Å²) >= 11 is 0. The Hall–Kier alpha value is -2.77. The number of imidazole rings is 1. The van der Waals surface area contributed by atoms with E-state index in [1.807, 2.05) is 13.8 Å². The minimum absolute atomic E-state index is 0.0755. The minimum Gasteiger partial charge on any atom is -0.461 e. The molecule has 0 aromatic carbocycles. The minimum atomic E-state index is -1.53. The molecule has 3 N–H and O–H groups in total. The molecule has 162 valence electrons. The summed E-state index contributed by atoms with van der Waals surface area (Å²) in [5.41, 5.74) is 4.48. The molecule has 1 aliphatic heterocycles. The number of anilines is 1. The molecule has 0 aliphatic carbocycles. The second-order valence-electron chi connectivity index (χ2n) is 7.44. The molecule has 2 aromatic rings. The number of hydrogen-bond donors (Lipinski definition) is 2. The molecule has 0 unspecified atom stereocenters. The SMILES string of the molecule is C#C[C@]1(COC(=O)C(CCC)CCC)O[C@@H](n2cnc3c(N)nc(F)nc32)C[C@@H]1O. The molecule has 3 heterocycles. The van der Waals surface area contributed by atoms with Crippen LogP contribution < -0.4 is 5.73 Å². The van der Waals surface area contributed by atoms with Gasteiger partial charge in [0.05, 0.1) is 12.2 Å². The number of esters is 1. The van der Waals surface area contributed by atoms with E-state index in [2.05, 4.69) is 20.9 Å². The van der Waals surface area contributed by atoms with E-state index in [9.17, 15) is 14.3 Å². The van der Waals surface area contributed by atoms with Crippen LogP contribution in [0.5, 0.6) is 0 Å². The average Bonchev–Trinajstić information content (AvgIpc) is 3.27. The number of halogens is 1. The Bertz CT molecular complexity index is 953. The van der Waals surface area contributed by atoms with E-state index in [0.717, 1.165) is 25.7 Å². The number of aromatic nitrogens is 4. The van der Waals surface area contributed by atoms with Gasteiger partial charge in [-0.05, 0) is 12.8 Å². The van der Waals surface area contributed by atoms with Crippen molar-refractivity contribution in [1.29, 1.82) is 0 Å². The number of aliphatic hydroxyl groups is 1. The fourth-order valence-corrected chi connectivity index (χ4v) is 3.72. The molecule has 2 aromatic heterocycles. The van der Waals surface area contributed by atoms with Gasteiger partial charge in [-0.3, -0.25) is 9.36 Å². The Morgan fingerprint density at radius 3 is 2.83 bits per heavy atom. The molecule has 0 saturated carbocycles. The number of rotatable bonds is 8. The second kappa shape index (κ2) is 8.93. The highest BCUT2D eigenvalue weighted by Gasteiger charge is 2.49. The van der Waals surface area contributed by atoms with E-state index in [-0.39, 0.29) is 41.9 Å². The number of nitrogens with zero attached hydrogens (tertiary/aromatic N) is 4. The molecule has 0 radical (unpaired) electrons. The number of hydrogen-bond acceptors (Lipinski definition) is 8. The number of carbonyl (C=O) groups excluding carboxylic acids is 1. The van der Waals surface area contributed by atoms with Crippen LogP contribution in [0.3, 0.4) is 0 Å². The lowest BCUT2D eigenvalue weighted by atomic mass is 9.97. The van der Waals surface area contributed by atoms with E-state index < -0.39 is 24.0 Å². The number of aliphatic hydroxyl groups excluding tert-OH is 1. The molecule has 3 atom stereocenters. The summed E-state index contributed by atoms with van der Waals surface area (Å²) in [6.45, 7) is 3.71. The van der Waals surface area contributed by atoms with Gasteiger partial charge in [-0.1, -0.05) is 32.6 Å². The summed E-state index contributed by atoms with van der Waals surface area (Å²) < 4.78 is 26.4. The maximum atomic E-state index is 13.6. The normalized spacial score (nSPS) is 23.7. The standard InChI is InChI=1S/C20H26FN5O4/c1-4-7-12(8-5-2)18(28)29-10-20(6-3)13(27)9-14(30-20)26-11-23-15-16(22)24-19(21)25-17(15)26/h3,11-14,27H,4-5,7-10H2,1-2H3,(H2,22,24,25)/t13-,14+,20+/m0/s1. The number of terminal acetylenes is 1. The zero-order chi connectivity index (χ0) is 21.9. The fraction of sp³-hybridized carbons (Fsp3) is 0.600. The molecule has 1 fully saturated rings. The van der Waals surface area contributed by atoms with Crippen LogP contribution in [0.15, 0.2) is 6.33 Å². The lowest BCUT2D eigenvalue weighted by Crippen LogP contribution is -2.43. The van der Waals surface area contributed by atoms with Crippen molar-refractivity contribution in [2.24, 2.45) is 5.92 Å². The highest BCUT2D eigenvalue weighted by molar-refractivity contribution is 5.81. The van der Waals surface area contributed by atoms with Crippen LogP contribution in [0.1, 0.15) is 52.2 Å². The average molecular weight is 419 g/mol. The largest absolute Gasteiger partial charge is 0.461 e. The van der Waals surface area contributed by atoms with Gasteiger partial charge in [0, 0.05) is 6.42 Å². The van der Waals surface area contributed by atoms with Crippen molar-refractivity contribution < 1.29 is 23.8 Å². The number of nitrogen functional groups attached to an aromatic ring is 1. The van der Waals surface area contributed by atoms with Gasteiger partial charge < -0.3 is 20.3 Å². The van der Waals surface area contributed by atoms with E-state index >= 15 is 0 Å². The van der Waals surface area contributed by atoms with Crippen molar-refractivity contribution >= 4 is 23.0 Å². The predicted octanol–water partition coefficient (Wildman–Crippen LogP) is 1.96. The van der Waals surface area contributed by atoms with Crippen molar-refractivity contribution in [2.45, 2.75) is 63.9 Å². The quantitative estimate of drug-likeness (QED) is 0.378. The van der Waals surface area contributed by atoms with Crippen LogP contribution in [0.4, 0.5) is 10.2 Å². The maximum Gasteiger partial charge on any atom is 0.312 e. The van der Waals surface area contributed by atoms with Crippen LogP contribution in [-0.2, 0) is 14.3 Å². The lowest BCUT2D eigenvalue weighted by molar-refractivity contribution is -0.161. The molecule has 30 heavy (non-hydrogen) atoms. The third kappa shape index (κ3) is 4.08. The molecule has 1 aliphatic rings. The molecule has 0 amide bonds. The first-order valence-corrected chi connectivity index (χ1v) is 10.0. The van der Waals surface area contributed by atoms with Crippen molar-refractivity contribution in [2.75, 3.05) is 12.3 Å². The van der Waals surface area contributed by atoms with Crippen LogP contribution in [0.25, 0.3) is 11.2 Å². The zero-order valence-electron chi connectivity index (χ0n) is 17.0. The summed E-state index contributed by atoms with van der Waals surface area (Å²) in [6, 6.07) is 0. The van der Waals surface area contributed by atoms with Crippen molar-refractivity contribution in [3.8, 4) is 12.3 Å². The monoisotopic (exact) mass is 419 g/mol. The van der Waals surface area contributed by atoms with Gasteiger partial charge in [0.25, 0.3) is 0 Å². The van der Waals surface area contributed by atoms with Crippen molar-refractivity contribution in [1.82, 2.24) is 19.5 Å². The number of fused-ring (bicyclic) bond motifs is 1. The van der Waals surface area contributed by atoms with Gasteiger partial charge in [-0.2, -0.15) is 14.4 Å². The number of carbonyl (C=O) groups is 1. The first-order valence-electron chi connectivity index (χ1n) is 10.0. The molecule has 10 heteroatoms. The van der Waals surface area contributed by atoms with Crippen molar-refractivity contribution in [3.63, 3.8) is 0 Å². The third-order valence-electron chi connectivity index (χ3n) is 5.32. The van der Waals surface area contributed by atoms with E-state index in [1.165, 1.54) is 10.9 Å². The molecule has 0 spiro atoms. The van der Waals surface area contributed by atoms with Gasteiger partial charge in [0.15, 0.2) is 22.6 Å². The Balaban J connectivity index is 1.78. The van der Waals surface area contributed by atoms with Crippen LogP contribution in [-0.4, -0.2) is 48.9 Å². The Morgan fingerprint density at radius 2 is 2.20 bits per heavy atom. The summed E-state index contributed by atoms with van der Waals surface area (Å²) in [4.78, 5) is 23.7. The Labute approximate surface area is 173 Å². The van der Waals surface area contributed by atoms with Gasteiger partial charge >= 0.3 is 12.0 Å². The van der Waals surface area contributed by atoms with Crippen LogP contribution >= 0.6 is 0 Å². The maximum absolute atomic E-state index is 13.6. The van der Waals surface area contributed by atoms with Gasteiger partial charge in [-0.25, -0.2) is 4.98 Å². The van der Waals surface area contributed by atoms with Gasteiger partial charge in [0.1, 0.15) is 18.9 Å². The highest BCUT2D eigenvalue weighted by atomic mass is 19.1. The smallest absolute Gasteiger partial charge is 0.312 e. The topological polar surface area (TPSA) is 125 Å². The van der Waals surface area contributed by atoms with Crippen LogP contribution in [0, 0.1) is 24.3 Å². The van der Waals surface area contributed by atoms with Gasteiger partial charge in [0.2, 0.25) is 0 Å². The molecular weight excluding hydrogens is 393 g/mol. The molecule has 3 rings (SSSR count). The van der Waals surface area contributed by atoms with E-state index in [0.29, 0.717) is 0 Å². The van der Waals surface area contributed by atoms with E-state index in [1.54, 1.807) is 0 Å². The van der Waals surface area contributed by atoms with Gasteiger partial charge in [-0.15, -0.1) is 6.42 Å². The van der Waals surface area contributed by atoms with Crippen LogP contribution in [0.2, 0.25) is 0 Å². The third-order valence-corrected chi connectivity index (χ3v) is 5.32. The Kier molecular flexibility index (Phi) is 6.53. The number of ether oxygens (including phenoxy) is 2. The summed E-state index contributed by atoms with van der Waals surface area (Å²) in [5, 5.41) is 10.6. The highest BCUT2D eigenvalue weighted by Crippen LogP contribution is 2.38. The first-order chi connectivity index (χ1) is 14.3. The van der Waals surface area contributed by atoms with E-state index in [4.69, 9.17) is 21.6 Å². The number of nitrogens with two attached hydrogens (primary N) is 1. The molecular formula is C20H26FN5O4. The predicted molar refractivity (Wildman–Crippen MR) is 106 cm³/mol. The summed E-state index contributed by atoms with van der Waals surface area (Å²) in [7, 11) is 0. The summed E-state index contributed by atoms with van der Waals surface area (Å²) in [6.07, 6.45) is 7.34. The Morgan fingerprint density at radius 1 is 1.50 bits per heavy atom. The van der Waals surface area contributed by atoms with Crippen molar-refractivity contribution in [3.05, 3.63) is 12.4 Å². The fourth-order valence-electron chi connectivity index (χ4n) is 3.72. The molecule has 9 nitrogen and oxygen atoms in total. The zero-order valence-corrected chi connectivity index (χ0v) is 17.0. The lowest BCUT2D eigenvalue weighted by Gasteiger charge is -2.27. The first kappa shape index (κ1) is 21.9. The molecule has 0 bridgehead atoms. The summed E-state index contributed by atoms with van der Waals surface area (Å²) in [5.74, 6) is 1.75. The molecule has 1 saturated heterocycles.